The van der Waals surface area contributed by atoms with E-state index in [0.29, 0.717) is 18.1 Å². The molecule has 1 unspecified atom stereocenters. The number of aromatic nitrogens is 2. The Morgan fingerprint density at radius 2 is 2.29 bits per heavy atom. The maximum atomic E-state index is 12.4. The molecule has 1 atom stereocenters. The van der Waals surface area contributed by atoms with Crippen molar-refractivity contribution in [2.75, 3.05) is 6.54 Å². The van der Waals surface area contributed by atoms with Crippen molar-refractivity contribution < 1.29 is 12.8 Å². The number of sulfonamides is 1. The molecule has 3 N–H and O–H groups in total. The van der Waals surface area contributed by atoms with Crippen LogP contribution in [0.5, 0.6) is 0 Å². The van der Waals surface area contributed by atoms with Gasteiger partial charge in [0.25, 0.3) is 0 Å². The molecule has 0 fully saturated rings. The lowest BCUT2D eigenvalue weighted by Crippen LogP contribution is -2.27. The summed E-state index contributed by atoms with van der Waals surface area (Å²) < 4.78 is 32.9. The molecule has 0 saturated heterocycles. The van der Waals surface area contributed by atoms with Crippen molar-refractivity contribution >= 4 is 26.0 Å². The molecule has 0 spiro atoms. The summed E-state index contributed by atoms with van der Waals surface area (Å²) in [7, 11) is -3.70. The maximum absolute atomic E-state index is 12.4. The first kappa shape index (κ1) is 16.2. The van der Waals surface area contributed by atoms with Crippen LogP contribution in [0.3, 0.4) is 0 Å². The van der Waals surface area contributed by atoms with Gasteiger partial charge in [0.1, 0.15) is 16.5 Å². The first-order valence-corrected chi connectivity index (χ1v) is 8.72. The highest BCUT2D eigenvalue weighted by atomic mass is 79.9. The Hall–Kier alpha value is -1.16. The van der Waals surface area contributed by atoms with Crippen LogP contribution in [0, 0.1) is 0 Å². The first-order chi connectivity index (χ1) is 9.94. The molecule has 0 aliphatic carbocycles. The minimum atomic E-state index is -3.70. The fraction of sp³-hybridized carbons (Fsp3) is 0.417. The Morgan fingerprint density at radius 3 is 2.90 bits per heavy atom. The van der Waals surface area contributed by atoms with Crippen LogP contribution in [-0.2, 0) is 16.6 Å². The number of nitrogens with one attached hydrogen (secondary N) is 3. The average Bonchev–Trinajstić information content (AvgIpc) is 3.05. The van der Waals surface area contributed by atoms with Gasteiger partial charge in [-0.05, 0) is 29.4 Å². The smallest absolute Gasteiger partial charge is 0.245 e. The Morgan fingerprint density at radius 1 is 1.52 bits per heavy atom. The van der Waals surface area contributed by atoms with E-state index >= 15 is 0 Å². The molecule has 0 aromatic carbocycles. The van der Waals surface area contributed by atoms with E-state index < -0.39 is 16.1 Å². The van der Waals surface area contributed by atoms with Crippen molar-refractivity contribution in [1.29, 1.82) is 0 Å². The second-order valence-corrected chi connectivity index (χ2v) is 6.85. The minimum Gasteiger partial charge on any atom is -0.452 e. The van der Waals surface area contributed by atoms with Crippen molar-refractivity contribution in [2.24, 2.45) is 0 Å². The highest BCUT2D eigenvalue weighted by Gasteiger charge is 2.25. The molecule has 21 heavy (non-hydrogen) atoms. The van der Waals surface area contributed by atoms with Crippen molar-refractivity contribution in [3.8, 4) is 0 Å². The zero-order valence-corrected chi connectivity index (χ0v) is 14.1. The summed E-state index contributed by atoms with van der Waals surface area (Å²) in [4.78, 5) is 6.99. The summed E-state index contributed by atoms with van der Waals surface area (Å²) >= 11 is 3.15. The summed E-state index contributed by atoms with van der Waals surface area (Å²) in [6.45, 7) is 4.92. The normalized spacial score (nSPS) is 13.5. The lowest BCUT2D eigenvalue weighted by Gasteiger charge is -2.10. The molecule has 2 heterocycles. The SMILES string of the molecule is CCNCc1cc(S(=O)(=O)NC(C)c2ncc[nH]2)c(Br)o1. The second kappa shape index (κ2) is 6.73. The van der Waals surface area contributed by atoms with Crippen molar-refractivity contribution in [1.82, 2.24) is 20.0 Å². The number of furan rings is 1. The molecule has 0 aliphatic heterocycles. The number of halogens is 1. The van der Waals surface area contributed by atoms with E-state index in [1.54, 1.807) is 19.3 Å². The fourth-order valence-corrected chi connectivity index (χ4v) is 3.99. The van der Waals surface area contributed by atoms with Crippen LogP contribution in [0.2, 0.25) is 0 Å². The van der Waals surface area contributed by atoms with Gasteiger partial charge in [-0.15, -0.1) is 0 Å². The fourth-order valence-electron chi connectivity index (χ4n) is 1.78. The molecule has 0 aliphatic rings. The molecule has 2 rings (SSSR count). The van der Waals surface area contributed by atoms with Gasteiger partial charge in [0, 0.05) is 18.5 Å². The lowest BCUT2D eigenvalue weighted by molar-refractivity contribution is 0.463. The van der Waals surface area contributed by atoms with E-state index in [4.69, 9.17) is 4.42 Å². The van der Waals surface area contributed by atoms with Gasteiger partial charge in [0.05, 0.1) is 12.6 Å². The molecule has 0 amide bonds. The van der Waals surface area contributed by atoms with E-state index in [1.165, 1.54) is 6.07 Å². The third kappa shape index (κ3) is 3.94. The van der Waals surface area contributed by atoms with Crippen LogP contribution in [0.25, 0.3) is 0 Å². The molecular weight excluding hydrogens is 360 g/mol. The molecule has 0 saturated carbocycles. The van der Waals surface area contributed by atoms with Gasteiger partial charge < -0.3 is 14.7 Å². The average molecular weight is 377 g/mol. The van der Waals surface area contributed by atoms with Gasteiger partial charge in [0.15, 0.2) is 4.67 Å². The zero-order chi connectivity index (χ0) is 15.5. The minimum absolute atomic E-state index is 0.0776. The Bertz CT molecular complexity index is 681. The molecule has 0 bridgehead atoms. The van der Waals surface area contributed by atoms with Crippen LogP contribution in [0.4, 0.5) is 0 Å². The third-order valence-corrected chi connectivity index (χ3v) is 5.20. The number of rotatable bonds is 7. The van der Waals surface area contributed by atoms with Gasteiger partial charge in [-0.25, -0.2) is 18.1 Å². The van der Waals surface area contributed by atoms with E-state index in [9.17, 15) is 8.42 Å². The summed E-state index contributed by atoms with van der Waals surface area (Å²) in [5, 5.41) is 3.07. The van der Waals surface area contributed by atoms with Crippen molar-refractivity contribution in [2.45, 2.75) is 31.3 Å². The van der Waals surface area contributed by atoms with Crippen molar-refractivity contribution in [3.05, 3.63) is 34.7 Å². The predicted octanol–water partition coefficient (Wildman–Crippen LogP) is 1.91. The third-order valence-electron chi connectivity index (χ3n) is 2.81. The van der Waals surface area contributed by atoms with E-state index in [1.807, 2.05) is 6.92 Å². The molecule has 2 aromatic rings. The summed E-state index contributed by atoms with van der Waals surface area (Å²) in [5.74, 6) is 1.10. The number of aromatic amines is 1. The molecular formula is C12H17BrN4O3S. The largest absolute Gasteiger partial charge is 0.452 e. The van der Waals surface area contributed by atoms with Gasteiger partial charge in [-0.3, -0.25) is 0 Å². The highest BCUT2D eigenvalue weighted by Crippen LogP contribution is 2.27. The van der Waals surface area contributed by atoms with Gasteiger partial charge in [-0.1, -0.05) is 6.92 Å². The van der Waals surface area contributed by atoms with Crippen molar-refractivity contribution in [3.63, 3.8) is 0 Å². The number of H-pyrrole nitrogens is 1. The second-order valence-electron chi connectivity index (χ2n) is 4.45. The highest BCUT2D eigenvalue weighted by molar-refractivity contribution is 9.10. The van der Waals surface area contributed by atoms with Gasteiger partial charge >= 0.3 is 0 Å². The van der Waals surface area contributed by atoms with E-state index in [-0.39, 0.29) is 9.56 Å². The molecule has 0 radical (unpaired) electrons. The summed E-state index contributed by atoms with van der Waals surface area (Å²) in [6.07, 6.45) is 3.21. The van der Waals surface area contributed by atoms with Gasteiger partial charge in [-0.2, -0.15) is 0 Å². The van der Waals surface area contributed by atoms with Crippen LogP contribution < -0.4 is 10.0 Å². The molecule has 9 heteroatoms. The van der Waals surface area contributed by atoms with E-state index in [2.05, 4.69) is 35.9 Å². The quantitative estimate of drug-likeness (QED) is 0.685. The number of imidazole rings is 1. The predicted molar refractivity (Wildman–Crippen MR) is 81.1 cm³/mol. The number of hydrogen-bond donors (Lipinski definition) is 3. The van der Waals surface area contributed by atoms with Crippen LogP contribution in [-0.4, -0.2) is 24.9 Å². The van der Waals surface area contributed by atoms with Crippen LogP contribution >= 0.6 is 15.9 Å². The Kier molecular flexibility index (Phi) is 5.20. The van der Waals surface area contributed by atoms with Crippen LogP contribution in [0.15, 0.2) is 32.4 Å². The molecule has 116 valence electrons. The van der Waals surface area contributed by atoms with Crippen LogP contribution in [0.1, 0.15) is 31.5 Å². The summed E-state index contributed by atoms with van der Waals surface area (Å²) in [6, 6.07) is 1.04. The number of hydrogen-bond acceptors (Lipinski definition) is 5. The first-order valence-electron chi connectivity index (χ1n) is 6.44. The lowest BCUT2D eigenvalue weighted by atomic mass is 10.3. The number of nitrogens with zero attached hydrogens (tertiary/aromatic N) is 1. The van der Waals surface area contributed by atoms with E-state index in [0.717, 1.165) is 6.54 Å². The van der Waals surface area contributed by atoms with Gasteiger partial charge in [0.2, 0.25) is 10.0 Å². The Balaban J connectivity index is 2.17. The standard InChI is InChI=1S/C12H17BrN4O3S/c1-3-14-7-9-6-10(11(13)20-9)21(18,19)17-8(2)12-15-4-5-16-12/h4-6,8,14,17H,3,7H2,1-2H3,(H,15,16). The topological polar surface area (TPSA) is 100 Å². The Labute approximate surface area is 131 Å². The monoisotopic (exact) mass is 376 g/mol. The molecule has 2 aromatic heterocycles. The summed E-state index contributed by atoms with van der Waals surface area (Å²) in [5.41, 5.74) is 0. The molecule has 7 nitrogen and oxygen atoms in total. The zero-order valence-electron chi connectivity index (χ0n) is 11.7. The maximum Gasteiger partial charge on any atom is 0.245 e.